The predicted octanol–water partition coefficient (Wildman–Crippen LogP) is 7.01. The van der Waals surface area contributed by atoms with E-state index in [4.69, 9.17) is 24.9 Å². The molecule has 3 aromatic rings. The van der Waals surface area contributed by atoms with Crippen LogP contribution in [0.15, 0.2) is 24.3 Å². The number of aliphatic hydroxyl groups is 4. The molecule has 0 saturated carbocycles. The van der Waals surface area contributed by atoms with E-state index in [1.54, 1.807) is 13.8 Å². The molecule has 2 aliphatic rings. The van der Waals surface area contributed by atoms with Crippen LogP contribution in [-0.4, -0.2) is 102 Å². The number of ether oxygens (including phenoxy) is 1. The lowest BCUT2D eigenvalue weighted by Gasteiger charge is -2.05. The topological polar surface area (TPSA) is 234 Å². The van der Waals surface area contributed by atoms with Crippen molar-refractivity contribution in [1.29, 1.82) is 0 Å². The Morgan fingerprint density at radius 3 is 1.43 bits per heavy atom. The molecule has 2 aliphatic heterocycles. The summed E-state index contributed by atoms with van der Waals surface area (Å²) in [7, 11) is 0. The van der Waals surface area contributed by atoms with Crippen LogP contribution in [-0.2, 0) is 14.3 Å². The van der Waals surface area contributed by atoms with Crippen LogP contribution in [0.3, 0.4) is 0 Å². The Morgan fingerprint density at radius 2 is 1.05 bits per heavy atom. The number of hydrogen-bond donors (Lipinski definition) is 9. The second-order valence-corrected chi connectivity index (χ2v) is 14.5. The number of aliphatic hydroxyl groups excluding tert-OH is 4. The molecular formula is C44H63N5O9. The van der Waals surface area contributed by atoms with E-state index in [2.05, 4.69) is 29.1 Å². The lowest BCUT2D eigenvalue weighted by Crippen LogP contribution is -2.21. The van der Waals surface area contributed by atoms with Gasteiger partial charge < -0.3 is 50.7 Å². The van der Waals surface area contributed by atoms with Crippen molar-refractivity contribution in [2.45, 2.75) is 106 Å². The van der Waals surface area contributed by atoms with Crippen molar-refractivity contribution in [3.63, 3.8) is 0 Å². The number of carboxylic acid groups (broad SMARTS) is 2. The third kappa shape index (κ3) is 12.6. The molecule has 3 aromatic heterocycles. The summed E-state index contributed by atoms with van der Waals surface area (Å²) in [6, 6.07) is 7.51. The number of fused-ring (bicyclic) bond motifs is 8. The average Bonchev–Trinajstić information content (AvgIpc) is 3.83. The molecule has 0 radical (unpaired) electrons. The Labute approximate surface area is 340 Å². The zero-order valence-electron chi connectivity index (χ0n) is 35.3. The Kier molecular flexibility index (Phi) is 18.9. The van der Waals surface area contributed by atoms with Gasteiger partial charge in [-0.15, -0.1) is 0 Å². The molecule has 9 N–H and O–H groups in total. The van der Waals surface area contributed by atoms with Gasteiger partial charge >= 0.3 is 11.9 Å². The summed E-state index contributed by atoms with van der Waals surface area (Å²) in [5.74, 6) is -1.84. The number of carbonyl (C=O) groups is 2. The molecule has 0 spiro atoms. The summed E-state index contributed by atoms with van der Waals surface area (Å²) >= 11 is 0. The molecular weight excluding hydrogens is 743 g/mol. The highest BCUT2D eigenvalue weighted by Gasteiger charge is 2.23. The maximum atomic E-state index is 11.6. The summed E-state index contributed by atoms with van der Waals surface area (Å²) in [5, 5.41) is 59.6. The van der Waals surface area contributed by atoms with Crippen LogP contribution in [0.2, 0.25) is 0 Å². The molecule has 0 aliphatic carbocycles. The molecule has 8 bridgehead atoms. The van der Waals surface area contributed by atoms with E-state index in [0.717, 1.165) is 76.1 Å². The van der Waals surface area contributed by atoms with Gasteiger partial charge in [-0.2, -0.15) is 0 Å². The minimum Gasteiger partial charge on any atom is -0.481 e. The number of H-pyrrole nitrogens is 2. The maximum absolute atomic E-state index is 11.6. The lowest BCUT2D eigenvalue weighted by atomic mass is 9.98. The Bertz CT molecular complexity index is 2090. The molecule has 5 heterocycles. The average molecular weight is 806 g/mol. The number of aromatic amines is 2. The molecule has 318 valence electrons. The molecule has 2 unspecified atom stereocenters. The van der Waals surface area contributed by atoms with Gasteiger partial charge in [-0.25, -0.2) is 9.97 Å². The number of allylic oxidation sites excluding steroid dienone is 4. The number of nitrogens with one attached hydrogen (secondary N) is 3. The van der Waals surface area contributed by atoms with Crippen molar-refractivity contribution >= 4 is 56.3 Å². The van der Waals surface area contributed by atoms with E-state index < -0.39 is 24.1 Å². The van der Waals surface area contributed by atoms with Crippen molar-refractivity contribution in [2.24, 2.45) is 0 Å². The van der Waals surface area contributed by atoms with Gasteiger partial charge in [0, 0.05) is 72.3 Å². The van der Waals surface area contributed by atoms with Crippen LogP contribution in [0.1, 0.15) is 137 Å². The highest BCUT2D eigenvalue weighted by molar-refractivity contribution is 5.96. The Hall–Kier alpha value is -4.70. The largest absolute Gasteiger partial charge is 0.481 e. The van der Waals surface area contributed by atoms with Crippen molar-refractivity contribution in [3.8, 4) is 0 Å². The Balaban J connectivity index is 0.000000550. The first-order valence-corrected chi connectivity index (χ1v) is 20.1. The first-order chi connectivity index (χ1) is 27.6. The third-order valence-corrected chi connectivity index (χ3v) is 9.92. The van der Waals surface area contributed by atoms with Gasteiger partial charge in [-0.3, -0.25) is 9.59 Å². The van der Waals surface area contributed by atoms with Crippen LogP contribution >= 0.6 is 0 Å². The third-order valence-electron chi connectivity index (χ3n) is 9.92. The van der Waals surface area contributed by atoms with Gasteiger partial charge in [-0.1, -0.05) is 13.8 Å². The molecule has 0 aromatic carbocycles. The minimum atomic E-state index is -0.921. The second-order valence-electron chi connectivity index (χ2n) is 14.5. The lowest BCUT2D eigenvalue weighted by molar-refractivity contribution is -0.137. The number of aromatic nitrogens is 4. The number of aliphatic carboxylic acids is 2. The first kappa shape index (κ1) is 47.7. The van der Waals surface area contributed by atoms with Crippen LogP contribution in [0.5, 0.6) is 0 Å². The van der Waals surface area contributed by atoms with Crippen LogP contribution < -0.4 is 5.32 Å². The summed E-state index contributed by atoms with van der Waals surface area (Å²) < 4.78 is 5.13. The smallest absolute Gasteiger partial charge is 0.303 e. The second kappa shape index (κ2) is 23.0. The highest BCUT2D eigenvalue weighted by atomic mass is 16.5. The fourth-order valence-electron chi connectivity index (χ4n) is 6.99. The quantitative estimate of drug-likeness (QED) is 0.0665. The van der Waals surface area contributed by atoms with E-state index in [-0.39, 0.29) is 38.9 Å². The molecule has 0 amide bonds. The molecule has 14 heteroatoms. The molecule has 0 saturated heterocycles. The molecule has 14 nitrogen and oxygen atoms in total. The van der Waals surface area contributed by atoms with E-state index in [1.807, 2.05) is 52.0 Å². The van der Waals surface area contributed by atoms with E-state index >= 15 is 0 Å². The normalized spacial score (nSPS) is 13.4. The first-order valence-electron chi connectivity index (χ1n) is 20.1. The fraction of sp³-hybridized carbons (Fsp3) is 0.500. The number of rotatable bonds is 16. The van der Waals surface area contributed by atoms with Crippen molar-refractivity contribution in [1.82, 2.24) is 25.3 Å². The summed E-state index contributed by atoms with van der Waals surface area (Å²) in [6.45, 7) is 18.6. The maximum Gasteiger partial charge on any atom is 0.303 e. The van der Waals surface area contributed by atoms with Gasteiger partial charge in [0.05, 0.1) is 48.2 Å². The zero-order valence-corrected chi connectivity index (χ0v) is 35.3. The van der Waals surface area contributed by atoms with Crippen molar-refractivity contribution < 1.29 is 45.0 Å². The van der Waals surface area contributed by atoms with Gasteiger partial charge in [-0.05, 0) is 125 Å². The SMILES string of the molecule is CC1=C(CCC(=O)O)c2cc3nc(cc4[nH]c(cc5[nH]c(cc1n2)c(C)c5C(C)O)c(C)c4C(C)O)C(C)=C3CCC(=O)O.CCCOCCC.OCCNCCO. The summed E-state index contributed by atoms with van der Waals surface area (Å²) in [6.07, 6.45) is 1.10. The van der Waals surface area contributed by atoms with Crippen LogP contribution in [0, 0.1) is 13.8 Å². The van der Waals surface area contributed by atoms with Gasteiger partial charge in [0.2, 0.25) is 0 Å². The highest BCUT2D eigenvalue weighted by Crippen LogP contribution is 2.39. The predicted molar refractivity (Wildman–Crippen MR) is 229 cm³/mol. The standard InChI is InChI=1S/C34H38N4O6.C6H14O.C4H11NO2/c1-15-21(7-9-31(41)42)27-14-28-22(8-10-32(43)44)16(2)24(36-28)12-29-34(20(6)40)18(4)26(38-29)13-30-33(19(5)39)17(3)25(37-30)11-23(15)35-27;1-3-5-7-6-4-2;6-3-1-5-2-4-7/h11-14,19-20,37-40H,7-10H2,1-6H3,(H,41,42)(H,43,44);3-6H2,1-2H3;5-7H,1-4H2. The fourth-order valence-corrected chi connectivity index (χ4v) is 6.99. The number of nitrogens with zero attached hydrogens (tertiary/aromatic N) is 2. The van der Waals surface area contributed by atoms with E-state index in [1.165, 1.54) is 0 Å². The van der Waals surface area contributed by atoms with Crippen molar-refractivity contribution in [2.75, 3.05) is 39.5 Å². The van der Waals surface area contributed by atoms with Crippen molar-refractivity contribution in [3.05, 3.63) is 69.3 Å². The number of hydrogen-bond acceptors (Lipinski definition) is 10. The van der Waals surface area contributed by atoms with Gasteiger partial charge in [0.1, 0.15) is 0 Å². The minimum absolute atomic E-state index is 0.0750. The molecule has 2 atom stereocenters. The Morgan fingerprint density at radius 1 is 0.655 bits per heavy atom. The molecule has 5 rings (SSSR count). The molecule has 58 heavy (non-hydrogen) atoms. The van der Waals surface area contributed by atoms with Crippen LogP contribution in [0.25, 0.3) is 44.4 Å². The van der Waals surface area contributed by atoms with Gasteiger partial charge in [0.25, 0.3) is 0 Å². The van der Waals surface area contributed by atoms with E-state index in [9.17, 15) is 30.0 Å². The van der Waals surface area contributed by atoms with Gasteiger partial charge in [0.15, 0.2) is 0 Å². The number of carboxylic acids is 2. The summed E-state index contributed by atoms with van der Waals surface area (Å²) in [4.78, 5) is 39.8. The van der Waals surface area contributed by atoms with E-state index in [0.29, 0.717) is 52.5 Å². The molecule has 0 fully saturated rings. The zero-order chi connectivity index (χ0) is 43.1. The summed E-state index contributed by atoms with van der Waals surface area (Å²) in [5.41, 5.74) is 11.7. The number of aryl methyl sites for hydroxylation is 2. The monoisotopic (exact) mass is 805 g/mol. The van der Waals surface area contributed by atoms with Crippen LogP contribution in [0.4, 0.5) is 0 Å².